The van der Waals surface area contributed by atoms with Crippen molar-refractivity contribution >= 4 is 63.2 Å². The topological polar surface area (TPSA) is 75.0 Å². The van der Waals surface area contributed by atoms with Crippen LogP contribution in [0.15, 0.2) is 60.7 Å². The summed E-state index contributed by atoms with van der Waals surface area (Å²) >= 11 is 18.6. The molecule has 140 valence electrons. The SMILES string of the molecule is NC(=O)N(c1ccc(Cl)c(Cl)c1)c1n[nH]c2cc(Cl)c(-c3ccccc3)cc12. The lowest BCUT2D eigenvalue weighted by Gasteiger charge is -2.19. The van der Waals surface area contributed by atoms with E-state index < -0.39 is 6.03 Å². The second kappa shape index (κ2) is 7.36. The fourth-order valence-corrected chi connectivity index (χ4v) is 3.58. The molecule has 28 heavy (non-hydrogen) atoms. The Morgan fingerprint density at radius 1 is 0.929 bits per heavy atom. The van der Waals surface area contributed by atoms with Crippen molar-refractivity contribution in [1.29, 1.82) is 0 Å². The van der Waals surface area contributed by atoms with Crippen LogP contribution in [0.2, 0.25) is 15.1 Å². The van der Waals surface area contributed by atoms with Crippen LogP contribution in [-0.2, 0) is 0 Å². The molecule has 0 fully saturated rings. The zero-order chi connectivity index (χ0) is 19.8. The minimum atomic E-state index is -0.706. The Bertz CT molecular complexity index is 1190. The minimum absolute atomic E-state index is 0.304. The van der Waals surface area contributed by atoms with Crippen LogP contribution in [0.5, 0.6) is 0 Å². The van der Waals surface area contributed by atoms with Crippen molar-refractivity contribution in [3.05, 3.63) is 75.7 Å². The molecule has 0 atom stereocenters. The molecule has 5 nitrogen and oxygen atoms in total. The number of aromatic nitrogens is 2. The highest BCUT2D eigenvalue weighted by Crippen LogP contribution is 2.38. The lowest BCUT2D eigenvalue weighted by molar-refractivity contribution is 0.256. The number of nitrogens with two attached hydrogens (primary N) is 1. The van der Waals surface area contributed by atoms with Gasteiger partial charge in [0.25, 0.3) is 0 Å². The first-order chi connectivity index (χ1) is 13.5. The van der Waals surface area contributed by atoms with Gasteiger partial charge in [0, 0.05) is 10.9 Å². The van der Waals surface area contributed by atoms with Crippen molar-refractivity contribution in [2.45, 2.75) is 0 Å². The number of carbonyl (C=O) groups excluding carboxylic acids is 1. The molecule has 0 aliphatic rings. The summed E-state index contributed by atoms with van der Waals surface area (Å²) in [6.45, 7) is 0. The second-order valence-electron chi connectivity index (χ2n) is 6.06. The van der Waals surface area contributed by atoms with E-state index >= 15 is 0 Å². The van der Waals surface area contributed by atoms with Crippen LogP contribution in [0.4, 0.5) is 16.3 Å². The summed E-state index contributed by atoms with van der Waals surface area (Å²) in [7, 11) is 0. The van der Waals surface area contributed by atoms with Crippen LogP contribution in [0.3, 0.4) is 0 Å². The van der Waals surface area contributed by atoms with Gasteiger partial charge in [-0.05, 0) is 35.9 Å². The third-order valence-electron chi connectivity index (χ3n) is 4.31. The number of benzene rings is 3. The number of rotatable bonds is 3. The second-order valence-corrected chi connectivity index (χ2v) is 7.28. The number of anilines is 2. The van der Waals surface area contributed by atoms with E-state index in [4.69, 9.17) is 40.5 Å². The highest BCUT2D eigenvalue weighted by molar-refractivity contribution is 6.42. The molecule has 0 bridgehead atoms. The van der Waals surface area contributed by atoms with Gasteiger partial charge in [-0.1, -0.05) is 65.1 Å². The maximum absolute atomic E-state index is 12.3. The normalized spacial score (nSPS) is 11.0. The molecule has 0 spiro atoms. The summed E-state index contributed by atoms with van der Waals surface area (Å²) in [5.74, 6) is 0.342. The molecule has 0 saturated carbocycles. The number of H-pyrrole nitrogens is 1. The van der Waals surface area contributed by atoms with E-state index in [1.54, 1.807) is 24.3 Å². The van der Waals surface area contributed by atoms with Crippen molar-refractivity contribution < 1.29 is 4.79 Å². The molecule has 0 unspecified atom stereocenters. The van der Waals surface area contributed by atoms with Gasteiger partial charge < -0.3 is 5.73 Å². The van der Waals surface area contributed by atoms with E-state index in [1.807, 2.05) is 36.4 Å². The van der Waals surface area contributed by atoms with Gasteiger partial charge in [0.15, 0.2) is 5.82 Å². The molecule has 0 aliphatic carbocycles. The lowest BCUT2D eigenvalue weighted by atomic mass is 10.0. The molecule has 0 saturated heterocycles. The predicted octanol–water partition coefficient (Wildman–Crippen LogP) is 6.41. The molecule has 4 rings (SSSR count). The van der Waals surface area contributed by atoms with E-state index in [0.717, 1.165) is 11.1 Å². The van der Waals surface area contributed by atoms with Gasteiger partial charge in [0.1, 0.15) is 0 Å². The molecule has 0 aliphatic heterocycles. The standard InChI is InChI=1S/C20H13Cl3N4O/c21-15-7-6-12(8-17(15)23)27(20(24)28)19-14-9-13(11-4-2-1-3-5-11)16(22)10-18(14)25-26-19/h1-10H,(H2,24,28)(H,25,26). The fourth-order valence-electron chi connectivity index (χ4n) is 3.01. The summed E-state index contributed by atoms with van der Waals surface area (Å²) in [6, 6.07) is 17.4. The van der Waals surface area contributed by atoms with Gasteiger partial charge in [-0.25, -0.2) is 9.69 Å². The van der Waals surface area contributed by atoms with Crippen LogP contribution < -0.4 is 10.6 Å². The summed E-state index contributed by atoms with van der Waals surface area (Å²) < 4.78 is 0. The van der Waals surface area contributed by atoms with Crippen LogP contribution in [-0.4, -0.2) is 16.2 Å². The summed E-state index contributed by atoms with van der Waals surface area (Å²) in [5.41, 5.74) is 8.53. The average Bonchev–Trinajstić information content (AvgIpc) is 3.07. The fraction of sp³-hybridized carbons (Fsp3) is 0. The number of fused-ring (bicyclic) bond motifs is 1. The first-order valence-corrected chi connectivity index (χ1v) is 9.37. The molecule has 1 aromatic heterocycles. The zero-order valence-electron chi connectivity index (χ0n) is 14.3. The number of aromatic amines is 1. The Labute approximate surface area is 175 Å². The lowest BCUT2D eigenvalue weighted by Crippen LogP contribution is -2.31. The molecule has 0 radical (unpaired) electrons. The number of amides is 2. The minimum Gasteiger partial charge on any atom is -0.351 e. The number of urea groups is 1. The van der Waals surface area contributed by atoms with Gasteiger partial charge in [-0.15, -0.1) is 0 Å². The average molecular weight is 432 g/mol. The van der Waals surface area contributed by atoms with Crippen molar-refractivity contribution in [3.8, 4) is 11.1 Å². The molecule has 1 heterocycles. The Hall–Kier alpha value is -2.73. The Morgan fingerprint density at radius 2 is 1.68 bits per heavy atom. The molecule has 3 N–H and O–H groups in total. The van der Waals surface area contributed by atoms with E-state index in [1.165, 1.54) is 4.90 Å². The van der Waals surface area contributed by atoms with Crippen LogP contribution >= 0.6 is 34.8 Å². The third-order valence-corrected chi connectivity index (χ3v) is 5.36. The van der Waals surface area contributed by atoms with Crippen LogP contribution in [0.25, 0.3) is 22.0 Å². The Morgan fingerprint density at radius 3 is 2.36 bits per heavy atom. The Balaban J connectivity index is 1.91. The molecule has 4 aromatic rings. The van der Waals surface area contributed by atoms with Crippen molar-refractivity contribution in [1.82, 2.24) is 10.2 Å². The van der Waals surface area contributed by atoms with Crippen molar-refractivity contribution in [2.24, 2.45) is 5.73 Å². The van der Waals surface area contributed by atoms with Crippen LogP contribution in [0, 0.1) is 0 Å². The monoisotopic (exact) mass is 430 g/mol. The smallest absolute Gasteiger partial charge is 0.325 e. The molecule has 2 amide bonds. The molecular weight excluding hydrogens is 419 g/mol. The number of nitrogens with zero attached hydrogens (tertiary/aromatic N) is 2. The highest BCUT2D eigenvalue weighted by Gasteiger charge is 2.22. The first-order valence-electron chi connectivity index (χ1n) is 8.23. The Kier molecular flexibility index (Phi) is 4.89. The number of hydrogen-bond donors (Lipinski definition) is 2. The largest absolute Gasteiger partial charge is 0.351 e. The van der Waals surface area contributed by atoms with E-state index in [2.05, 4.69) is 10.2 Å². The van der Waals surface area contributed by atoms with E-state index in [-0.39, 0.29) is 0 Å². The summed E-state index contributed by atoms with van der Waals surface area (Å²) in [4.78, 5) is 13.5. The maximum Gasteiger partial charge on any atom is 0.325 e. The quantitative estimate of drug-likeness (QED) is 0.393. The van der Waals surface area contributed by atoms with E-state index in [9.17, 15) is 4.79 Å². The number of primary amides is 1. The first kappa shape index (κ1) is 18.6. The van der Waals surface area contributed by atoms with E-state index in [0.29, 0.717) is 37.5 Å². The van der Waals surface area contributed by atoms with Crippen molar-refractivity contribution in [3.63, 3.8) is 0 Å². The highest BCUT2D eigenvalue weighted by atomic mass is 35.5. The summed E-state index contributed by atoms with van der Waals surface area (Å²) in [5, 5.41) is 9.11. The van der Waals surface area contributed by atoms with Crippen LogP contribution in [0.1, 0.15) is 0 Å². The van der Waals surface area contributed by atoms with Gasteiger partial charge in [0.05, 0.1) is 26.3 Å². The number of nitrogens with one attached hydrogen (secondary N) is 1. The van der Waals surface area contributed by atoms with Gasteiger partial charge in [0.2, 0.25) is 0 Å². The number of carbonyl (C=O) groups is 1. The zero-order valence-corrected chi connectivity index (χ0v) is 16.6. The third kappa shape index (κ3) is 3.29. The van der Waals surface area contributed by atoms with Gasteiger partial charge in [-0.3, -0.25) is 5.10 Å². The number of hydrogen-bond acceptors (Lipinski definition) is 2. The summed E-state index contributed by atoms with van der Waals surface area (Å²) in [6.07, 6.45) is 0. The predicted molar refractivity (Wildman–Crippen MR) is 115 cm³/mol. The molecular formula is C20H13Cl3N4O. The number of halogens is 3. The maximum atomic E-state index is 12.3. The van der Waals surface area contributed by atoms with Gasteiger partial charge >= 0.3 is 6.03 Å². The van der Waals surface area contributed by atoms with Gasteiger partial charge in [-0.2, -0.15) is 5.10 Å². The molecule has 8 heteroatoms. The van der Waals surface area contributed by atoms with Crippen molar-refractivity contribution in [2.75, 3.05) is 4.90 Å². The molecule has 3 aromatic carbocycles.